The van der Waals surface area contributed by atoms with Crippen molar-refractivity contribution in [1.82, 2.24) is 15.3 Å². The molecule has 8 heteroatoms. The molecule has 0 spiro atoms. The number of aromatic nitrogens is 2. The third-order valence-corrected chi connectivity index (χ3v) is 7.57. The Hall–Kier alpha value is -4.14. The number of hydrogen-bond acceptors (Lipinski definition) is 7. The number of pyridine rings is 2. The monoisotopic (exact) mass is 555 g/mol. The first-order chi connectivity index (χ1) is 19.5. The number of methoxy groups -OCH3 is 1. The molecule has 0 atom stereocenters. The maximum atomic E-state index is 15.1. The summed E-state index contributed by atoms with van der Waals surface area (Å²) in [5.41, 5.74) is 4.12. The summed E-state index contributed by atoms with van der Waals surface area (Å²) in [6.07, 6.45) is 4.94. The number of hydrogen-bond donors (Lipinski definition) is 1. The van der Waals surface area contributed by atoms with Crippen LogP contribution in [0.4, 0.5) is 4.39 Å². The third kappa shape index (κ3) is 6.52. The second kappa shape index (κ2) is 12.8. The SMILES string of the molecule is CCCNCc1ccc(-c2cc3nccc(Oc4ccc(CC(=O)Cc5ccccc5OC)cc4F)c3s2)nc1. The Morgan fingerprint density at radius 2 is 1.80 bits per heavy atom. The van der Waals surface area contributed by atoms with Crippen LogP contribution in [0.3, 0.4) is 0 Å². The average Bonchev–Trinajstić information content (AvgIpc) is 3.41. The lowest BCUT2D eigenvalue weighted by molar-refractivity contribution is -0.117. The molecule has 0 aliphatic rings. The minimum absolute atomic E-state index is 0.0293. The van der Waals surface area contributed by atoms with Crippen LogP contribution in [0.25, 0.3) is 20.8 Å². The summed E-state index contributed by atoms with van der Waals surface area (Å²) in [6, 6.07) is 19.8. The Labute approximate surface area is 236 Å². The molecule has 3 heterocycles. The van der Waals surface area contributed by atoms with Gasteiger partial charge in [0.25, 0.3) is 0 Å². The standard InChI is InChI=1S/C32H30FN3O3S/c1-3-13-34-19-22-8-10-26(36-20-22)31-18-27-32(40-31)30(12-14-35-27)39-29-11-9-21(16-25(29)33)15-24(37)17-23-6-4-5-7-28(23)38-2/h4-12,14,16,18,20,34H,3,13,15,17,19H2,1-2H3. The number of benzene rings is 2. The van der Waals surface area contributed by atoms with Crippen molar-refractivity contribution in [2.45, 2.75) is 32.7 Å². The van der Waals surface area contributed by atoms with E-state index in [1.54, 1.807) is 31.5 Å². The predicted molar refractivity (Wildman–Crippen MR) is 157 cm³/mol. The van der Waals surface area contributed by atoms with E-state index in [1.165, 1.54) is 17.4 Å². The maximum Gasteiger partial charge on any atom is 0.166 e. The molecule has 0 aliphatic heterocycles. The topological polar surface area (TPSA) is 73.3 Å². The summed E-state index contributed by atoms with van der Waals surface area (Å²) in [7, 11) is 1.58. The lowest BCUT2D eigenvalue weighted by atomic mass is 10.0. The van der Waals surface area contributed by atoms with Crippen LogP contribution in [-0.2, 0) is 24.2 Å². The van der Waals surface area contributed by atoms with Crippen molar-refractivity contribution in [3.63, 3.8) is 0 Å². The number of halogens is 1. The van der Waals surface area contributed by atoms with Crippen molar-refractivity contribution < 1.29 is 18.7 Å². The van der Waals surface area contributed by atoms with Crippen molar-refractivity contribution in [2.24, 2.45) is 0 Å². The van der Waals surface area contributed by atoms with Gasteiger partial charge in [-0.15, -0.1) is 11.3 Å². The van der Waals surface area contributed by atoms with Gasteiger partial charge in [-0.05, 0) is 54.4 Å². The molecule has 0 saturated carbocycles. The molecule has 40 heavy (non-hydrogen) atoms. The summed E-state index contributed by atoms with van der Waals surface area (Å²) in [5.74, 6) is 0.710. The highest BCUT2D eigenvalue weighted by atomic mass is 32.1. The van der Waals surface area contributed by atoms with Gasteiger partial charge in [-0.3, -0.25) is 14.8 Å². The van der Waals surface area contributed by atoms with E-state index in [9.17, 15) is 4.79 Å². The van der Waals surface area contributed by atoms with E-state index in [4.69, 9.17) is 9.47 Å². The molecule has 5 aromatic rings. The normalized spacial score (nSPS) is 11.1. The van der Waals surface area contributed by atoms with Gasteiger partial charge in [0.1, 0.15) is 17.3 Å². The summed E-state index contributed by atoms with van der Waals surface area (Å²) >= 11 is 1.50. The minimum atomic E-state index is -0.529. The first-order valence-corrected chi connectivity index (χ1v) is 14.0. The second-order valence-corrected chi connectivity index (χ2v) is 10.5. The van der Waals surface area contributed by atoms with Crippen LogP contribution < -0.4 is 14.8 Å². The van der Waals surface area contributed by atoms with Crippen LogP contribution in [0.5, 0.6) is 17.2 Å². The molecule has 3 aromatic heterocycles. The van der Waals surface area contributed by atoms with E-state index in [0.29, 0.717) is 17.1 Å². The van der Waals surface area contributed by atoms with Gasteiger partial charge < -0.3 is 14.8 Å². The molecular formula is C32H30FN3O3S. The van der Waals surface area contributed by atoms with Gasteiger partial charge in [-0.25, -0.2) is 4.39 Å². The van der Waals surface area contributed by atoms with Crippen molar-refractivity contribution >= 4 is 27.3 Å². The first-order valence-electron chi connectivity index (χ1n) is 13.2. The van der Waals surface area contributed by atoms with E-state index in [-0.39, 0.29) is 24.4 Å². The van der Waals surface area contributed by atoms with Crippen molar-refractivity contribution in [1.29, 1.82) is 0 Å². The van der Waals surface area contributed by atoms with Gasteiger partial charge in [0.15, 0.2) is 11.6 Å². The highest BCUT2D eigenvalue weighted by molar-refractivity contribution is 7.22. The zero-order valence-corrected chi connectivity index (χ0v) is 23.3. The quantitative estimate of drug-likeness (QED) is 0.165. The zero-order valence-electron chi connectivity index (χ0n) is 22.4. The first kappa shape index (κ1) is 27.4. The number of thiophene rings is 1. The van der Waals surface area contributed by atoms with Crippen LogP contribution >= 0.6 is 11.3 Å². The second-order valence-electron chi connectivity index (χ2n) is 9.43. The highest BCUT2D eigenvalue weighted by Gasteiger charge is 2.15. The number of ether oxygens (including phenoxy) is 2. The molecule has 0 aliphatic carbocycles. The number of rotatable bonds is 12. The number of carbonyl (C=O) groups excluding carboxylic acids is 1. The van der Waals surface area contributed by atoms with E-state index in [1.807, 2.05) is 42.6 Å². The summed E-state index contributed by atoms with van der Waals surface area (Å²) in [6.45, 7) is 3.89. The summed E-state index contributed by atoms with van der Waals surface area (Å²) in [5, 5.41) is 3.38. The van der Waals surface area contributed by atoms with Crippen molar-refractivity contribution in [3.8, 4) is 27.8 Å². The number of nitrogens with one attached hydrogen (secondary N) is 1. The molecule has 0 amide bonds. The number of Topliss-reactive ketones (excluding diaryl/α,β-unsaturated/α-hetero) is 1. The van der Waals surface area contributed by atoms with E-state index < -0.39 is 5.82 Å². The number of nitrogens with zero attached hydrogens (tertiary/aromatic N) is 2. The van der Waals surface area contributed by atoms with Crippen LogP contribution in [0.2, 0.25) is 0 Å². The number of fused-ring (bicyclic) bond motifs is 1. The summed E-state index contributed by atoms with van der Waals surface area (Å²) < 4.78 is 27.2. The Bertz CT molecular complexity index is 1620. The van der Waals surface area contributed by atoms with Gasteiger partial charge in [0.2, 0.25) is 0 Å². The van der Waals surface area contributed by atoms with Gasteiger partial charge in [-0.2, -0.15) is 0 Å². The molecule has 204 valence electrons. The lowest BCUT2D eigenvalue weighted by Gasteiger charge is -2.10. The summed E-state index contributed by atoms with van der Waals surface area (Å²) in [4.78, 5) is 22.7. The zero-order chi connectivity index (χ0) is 27.9. The van der Waals surface area contributed by atoms with Gasteiger partial charge in [0.05, 0.1) is 27.9 Å². The van der Waals surface area contributed by atoms with E-state index in [2.05, 4.69) is 28.3 Å². The minimum Gasteiger partial charge on any atom is -0.496 e. The van der Waals surface area contributed by atoms with Crippen LogP contribution in [-0.4, -0.2) is 29.4 Å². The predicted octanol–water partition coefficient (Wildman–Crippen LogP) is 7.15. The van der Waals surface area contributed by atoms with Crippen LogP contribution in [0.1, 0.15) is 30.0 Å². The number of ketones is 1. The van der Waals surface area contributed by atoms with E-state index in [0.717, 1.165) is 51.4 Å². The number of para-hydroxylation sites is 1. The Kier molecular flexibility index (Phi) is 8.78. The molecule has 5 rings (SSSR count). The van der Waals surface area contributed by atoms with Crippen molar-refractivity contribution in [3.05, 3.63) is 102 Å². The smallest absolute Gasteiger partial charge is 0.166 e. The molecule has 0 saturated heterocycles. The van der Waals surface area contributed by atoms with E-state index >= 15 is 4.39 Å². The molecule has 0 fully saturated rings. The molecule has 2 aromatic carbocycles. The third-order valence-electron chi connectivity index (χ3n) is 6.41. The maximum absolute atomic E-state index is 15.1. The fourth-order valence-corrected chi connectivity index (χ4v) is 5.46. The van der Waals surface area contributed by atoms with Crippen molar-refractivity contribution in [2.75, 3.05) is 13.7 Å². The lowest BCUT2D eigenvalue weighted by Crippen LogP contribution is -2.13. The molecule has 1 N–H and O–H groups in total. The average molecular weight is 556 g/mol. The fraction of sp³-hybridized carbons (Fsp3) is 0.219. The molecule has 0 bridgehead atoms. The van der Waals surface area contributed by atoms with Crippen LogP contribution in [0, 0.1) is 5.82 Å². The van der Waals surface area contributed by atoms with Gasteiger partial charge in [0, 0.05) is 43.4 Å². The molecule has 6 nitrogen and oxygen atoms in total. The molecule has 0 radical (unpaired) electrons. The number of carbonyl (C=O) groups is 1. The van der Waals surface area contributed by atoms with Gasteiger partial charge >= 0.3 is 0 Å². The fourth-order valence-electron chi connectivity index (χ4n) is 4.41. The Balaban J connectivity index is 1.29. The largest absolute Gasteiger partial charge is 0.496 e. The molecular weight excluding hydrogens is 525 g/mol. The molecule has 0 unspecified atom stereocenters. The Morgan fingerprint density at radius 1 is 0.950 bits per heavy atom. The highest BCUT2D eigenvalue weighted by Crippen LogP contribution is 2.39. The van der Waals surface area contributed by atoms with Gasteiger partial charge in [-0.1, -0.05) is 37.3 Å². The Morgan fingerprint density at radius 3 is 2.58 bits per heavy atom. The van der Waals surface area contributed by atoms with Crippen LogP contribution in [0.15, 0.2) is 79.1 Å².